The molecule has 4 N–H and O–H groups in total. The molecule has 0 bridgehead atoms. The third-order valence-corrected chi connectivity index (χ3v) is 8.44. The lowest BCUT2D eigenvalue weighted by atomic mass is 9.83. The fourth-order valence-electron chi connectivity index (χ4n) is 6.31. The van der Waals surface area contributed by atoms with Gasteiger partial charge in [0.1, 0.15) is 0 Å². The summed E-state index contributed by atoms with van der Waals surface area (Å²) in [6.45, 7) is 0. The first-order chi connectivity index (χ1) is 21.5. The van der Waals surface area contributed by atoms with Gasteiger partial charge in [0.25, 0.3) is 0 Å². The van der Waals surface area contributed by atoms with Crippen LogP contribution in [0.1, 0.15) is 33.6 Å². The fraction of sp³-hybridized carbons (Fsp3) is 0.105. The van der Waals surface area contributed by atoms with E-state index in [9.17, 15) is 19.8 Å². The minimum atomic E-state index is -0.776. The van der Waals surface area contributed by atoms with Crippen molar-refractivity contribution >= 4 is 44.5 Å². The maximum atomic E-state index is 14.1. The smallest absolute Gasteiger partial charge is 0.232 e. The number of aryl methyl sites for hydroxylation is 4. The average Bonchev–Trinajstić information content (AvgIpc) is 3.61. The van der Waals surface area contributed by atoms with Crippen LogP contribution in [0, 0.1) is 0 Å². The lowest BCUT2D eigenvalue weighted by molar-refractivity contribution is -0.116. The number of aromatic nitrogens is 2. The fourth-order valence-corrected chi connectivity index (χ4v) is 6.31. The van der Waals surface area contributed by atoms with Gasteiger partial charge in [0.05, 0.1) is 11.1 Å². The Balaban J connectivity index is 1.33. The van der Waals surface area contributed by atoms with Crippen LogP contribution in [-0.2, 0) is 35.3 Å². The van der Waals surface area contributed by atoms with Crippen molar-refractivity contribution in [2.45, 2.75) is 25.7 Å². The normalized spacial score (nSPS) is 13.9. The molecule has 0 fully saturated rings. The summed E-state index contributed by atoms with van der Waals surface area (Å²) in [4.78, 5) is 35.0. The molecule has 6 heteroatoms. The Hall–Kier alpha value is -5.62. The Morgan fingerprint density at radius 1 is 0.455 bits per heavy atom. The van der Waals surface area contributed by atoms with E-state index in [0.717, 1.165) is 22.2 Å². The van der Waals surface area contributed by atoms with Gasteiger partial charge >= 0.3 is 0 Å². The number of hydrogen-bond donors (Lipinski definition) is 4. The van der Waals surface area contributed by atoms with Gasteiger partial charge < -0.3 is 20.2 Å². The number of carbonyl (C=O) groups excluding carboxylic acids is 2. The molecule has 6 aromatic rings. The predicted octanol–water partition coefficient (Wildman–Crippen LogP) is 7.61. The first kappa shape index (κ1) is 27.2. The number of aliphatic hydroxyl groups is 2. The number of para-hydroxylation sites is 2. The second kappa shape index (κ2) is 11.2. The Kier molecular flexibility index (Phi) is 6.95. The Labute approximate surface area is 254 Å². The van der Waals surface area contributed by atoms with Crippen LogP contribution >= 0.6 is 0 Å². The Morgan fingerprint density at radius 2 is 0.818 bits per heavy atom. The molecule has 0 saturated heterocycles. The van der Waals surface area contributed by atoms with E-state index in [-0.39, 0.29) is 11.1 Å². The number of nitrogens with one attached hydrogen (secondary N) is 2. The van der Waals surface area contributed by atoms with Gasteiger partial charge in [0, 0.05) is 44.3 Å². The number of allylic oxidation sites excluding steroid dienone is 2. The lowest BCUT2D eigenvalue weighted by Crippen LogP contribution is -2.23. The highest BCUT2D eigenvalue weighted by atomic mass is 16.3. The van der Waals surface area contributed by atoms with Gasteiger partial charge in [-0.2, -0.15) is 0 Å². The largest absolute Gasteiger partial charge is 0.504 e. The van der Waals surface area contributed by atoms with Crippen molar-refractivity contribution in [3.63, 3.8) is 0 Å². The number of Topliss-reactive ketones (excluding diaryl/α,β-unsaturated/α-hetero) is 2. The van der Waals surface area contributed by atoms with E-state index in [4.69, 9.17) is 0 Å². The van der Waals surface area contributed by atoms with Crippen molar-refractivity contribution in [2.75, 3.05) is 0 Å². The van der Waals surface area contributed by atoms with E-state index >= 15 is 0 Å². The third-order valence-electron chi connectivity index (χ3n) is 8.44. The molecule has 6 nitrogen and oxygen atoms in total. The van der Waals surface area contributed by atoms with E-state index < -0.39 is 23.1 Å². The molecule has 0 unspecified atom stereocenters. The van der Waals surface area contributed by atoms with Gasteiger partial charge in [-0.25, -0.2) is 0 Å². The SMILES string of the molecule is O=C1C(O)=C(c2c(CCc3ccccc3)[nH]c3ccccc23)C(=O)C(O)=C1c1c(CCc2ccccc2)[nH]c2ccccc12. The number of H-pyrrole nitrogens is 2. The zero-order valence-corrected chi connectivity index (χ0v) is 23.9. The topological polar surface area (TPSA) is 106 Å². The molecular formula is C38H30N2O4. The monoisotopic (exact) mass is 578 g/mol. The molecule has 2 aromatic heterocycles. The van der Waals surface area contributed by atoms with Crippen LogP contribution in [0.5, 0.6) is 0 Å². The van der Waals surface area contributed by atoms with Crippen LogP contribution in [0.4, 0.5) is 0 Å². The minimum absolute atomic E-state index is 0.178. The molecule has 0 atom stereocenters. The molecule has 0 amide bonds. The Bertz CT molecular complexity index is 1960. The van der Waals surface area contributed by atoms with E-state index in [1.54, 1.807) is 0 Å². The van der Waals surface area contributed by atoms with Gasteiger partial charge in [-0.05, 0) is 48.9 Å². The van der Waals surface area contributed by atoms with Crippen LogP contribution in [0.15, 0.2) is 121 Å². The molecule has 44 heavy (non-hydrogen) atoms. The molecule has 0 spiro atoms. The summed E-state index contributed by atoms with van der Waals surface area (Å²) < 4.78 is 0. The molecule has 7 rings (SSSR count). The highest BCUT2D eigenvalue weighted by Gasteiger charge is 2.40. The van der Waals surface area contributed by atoms with E-state index in [0.29, 0.717) is 59.0 Å². The van der Waals surface area contributed by atoms with Crippen LogP contribution < -0.4 is 0 Å². The molecule has 0 saturated carbocycles. The molecule has 1 aliphatic carbocycles. The van der Waals surface area contributed by atoms with Gasteiger partial charge in [-0.1, -0.05) is 97.1 Å². The van der Waals surface area contributed by atoms with E-state index in [1.165, 1.54) is 0 Å². The number of carbonyl (C=O) groups is 2. The number of aliphatic hydroxyl groups excluding tert-OH is 2. The summed E-state index contributed by atoms with van der Waals surface area (Å²) in [5.74, 6) is -2.87. The van der Waals surface area contributed by atoms with E-state index in [2.05, 4.69) is 9.97 Å². The van der Waals surface area contributed by atoms with Crippen molar-refractivity contribution in [3.05, 3.63) is 154 Å². The van der Waals surface area contributed by atoms with Gasteiger partial charge in [-0.3, -0.25) is 9.59 Å². The summed E-state index contributed by atoms with van der Waals surface area (Å²) in [6, 6.07) is 34.9. The van der Waals surface area contributed by atoms with Crippen molar-refractivity contribution in [1.29, 1.82) is 0 Å². The Morgan fingerprint density at radius 3 is 1.23 bits per heavy atom. The van der Waals surface area contributed by atoms with Gasteiger partial charge in [0.15, 0.2) is 11.5 Å². The molecule has 216 valence electrons. The summed E-state index contributed by atoms with van der Waals surface area (Å²) in [5, 5.41) is 24.5. The third kappa shape index (κ3) is 4.71. The molecule has 2 heterocycles. The summed E-state index contributed by atoms with van der Waals surface area (Å²) >= 11 is 0. The van der Waals surface area contributed by atoms with E-state index in [1.807, 2.05) is 109 Å². The summed E-state index contributed by atoms with van der Waals surface area (Å²) in [5.41, 5.74) is 5.75. The quantitative estimate of drug-likeness (QED) is 0.140. The van der Waals surface area contributed by atoms with Crippen molar-refractivity contribution in [1.82, 2.24) is 9.97 Å². The average molecular weight is 579 g/mol. The second-order valence-electron chi connectivity index (χ2n) is 11.1. The number of aromatic amines is 2. The minimum Gasteiger partial charge on any atom is -0.504 e. The molecule has 1 aliphatic rings. The highest BCUT2D eigenvalue weighted by Crippen LogP contribution is 2.41. The summed E-state index contributed by atoms with van der Waals surface area (Å²) in [6.07, 6.45) is 2.44. The first-order valence-corrected chi connectivity index (χ1v) is 14.7. The molecule has 0 radical (unpaired) electrons. The number of rotatable bonds is 8. The molecular weight excluding hydrogens is 548 g/mol. The van der Waals surface area contributed by atoms with Crippen molar-refractivity contribution in [3.8, 4) is 0 Å². The number of benzene rings is 4. The predicted molar refractivity (Wildman–Crippen MR) is 173 cm³/mol. The van der Waals surface area contributed by atoms with Crippen molar-refractivity contribution < 1.29 is 19.8 Å². The second-order valence-corrected chi connectivity index (χ2v) is 11.1. The highest BCUT2D eigenvalue weighted by molar-refractivity contribution is 6.48. The first-order valence-electron chi connectivity index (χ1n) is 14.7. The summed E-state index contributed by atoms with van der Waals surface area (Å²) in [7, 11) is 0. The maximum absolute atomic E-state index is 14.1. The zero-order chi connectivity index (χ0) is 30.2. The molecule has 0 aliphatic heterocycles. The van der Waals surface area contributed by atoms with Gasteiger partial charge in [-0.15, -0.1) is 0 Å². The van der Waals surface area contributed by atoms with Crippen LogP contribution in [0.25, 0.3) is 33.0 Å². The van der Waals surface area contributed by atoms with Crippen LogP contribution in [0.3, 0.4) is 0 Å². The van der Waals surface area contributed by atoms with Crippen LogP contribution in [-0.4, -0.2) is 31.7 Å². The lowest BCUT2D eigenvalue weighted by Gasteiger charge is -2.20. The standard InChI is InChI=1S/C38H30N2O4/c41-35-33(31-25-15-7-9-17-27(25)39-29(31)21-19-23-11-3-1-4-12-23)36(42)38(44)34(37(35)43)32-26-16-8-10-18-28(26)40-30(32)22-20-24-13-5-2-6-14-24/h1-18,39-41,44H,19-22H2. The van der Waals surface area contributed by atoms with Gasteiger partial charge in [0.2, 0.25) is 11.6 Å². The van der Waals surface area contributed by atoms with Crippen LogP contribution in [0.2, 0.25) is 0 Å². The maximum Gasteiger partial charge on any atom is 0.232 e. The number of hydrogen-bond acceptors (Lipinski definition) is 4. The zero-order valence-electron chi connectivity index (χ0n) is 23.9. The van der Waals surface area contributed by atoms with Crippen molar-refractivity contribution in [2.24, 2.45) is 0 Å². The number of fused-ring (bicyclic) bond motifs is 2. The number of ketones is 2. The molecule has 4 aromatic carbocycles.